The van der Waals surface area contributed by atoms with E-state index in [0.717, 1.165) is 11.3 Å². The molecule has 0 heterocycles. The van der Waals surface area contributed by atoms with Gasteiger partial charge in [0.15, 0.2) is 6.10 Å². The number of hydrogen-bond acceptors (Lipinski definition) is 3. The number of ether oxygens (including phenoxy) is 1. The number of carboxylic acids is 1. The molecule has 4 nitrogen and oxygen atoms in total. The zero-order valence-electron chi connectivity index (χ0n) is 12.0. The summed E-state index contributed by atoms with van der Waals surface area (Å²) in [7, 11) is 0. The first kappa shape index (κ1) is 14.8. The normalized spacial score (nSPS) is 12.3. The summed E-state index contributed by atoms with van der Waals surface area (Å²) < 4.78 is 5.26. The summed E-state index contributed by atoms with van der Waals surface area (Å²) in [6.45, 7) is 3.53. The number of nitrogens with zero attached hydrogens (tertiary/aromatic N) is 1. The smallest absolute Gasteiger partial charge is 0.344 e. The highest BCUT2D eigenvalue weighted by molar-refractivity contribution is 5.82. The third-order valence-electron chi connectivity index (χ3n) is 2.94. The molecule has 108 valence electrons. The molecule has 0 aliphatic rings. The van der Waals surface area contributed by atoms with Gasteiger partial charge in [-0.25, -0.2) is 4.79 Å². The number of aryl methyl sites for hydroxylation is 1. The minimum Gasteiger partial charge on any atom is -0.479 e. The van der Waals surface area contributed by atoms with Crippen molar-refractivity contribution in [3.8, 4) is 5.75 Å². The highest BCUT2D eigenvalue weighted by atomic mass is 16.5. The highest BCUT2D eigenvalue weighted by Crippen LogP contribution is 2.15. The van der Waals surface area contributed by atoms with E-state index in [0.29, 0.717) is 5.75 Å². The molecule has 0 aliphatic carbocycles. The number of rotatable bonds is 5. The minimum atomic E-state index is -0.986. The molecular formula is C17H17NO3. The van der Waals surface area contributed by atoms with Crippen LogP contribution in [0.25, 0.3) is 0 Å². The van der Waals surface area contributed by atoms with Gasteiger partial charge < -0.3 is 9.84 Å². The number of aliphatic imine (C=N–C) groups is 1. The molecule has 0 saturated carbocycles. The second kappa shape index (κ2) is 6.70. The Balaban J connectivity index is 2.02. The Hall–Kier alpha value is -2.62. The monoisotopic (exact) mass is 283 g/mol. The van der Waals surface area contributed by atoms with E-state index in [1.807, 2.05) is 43.3 Å². The Morgan fingerprint density at radius 1 is 1.14 bits per heavy atom. The average molecular weight is 283 g/mol. The Morgan fingerprint density at radius 2 is 1.76 bits per heavy atom. The SMILES string of the molecule is Cc1ccc(N=Cc2ccc(O[C@@H](C)C(=O)O)cc2)cc1. The topological polar surface area (TPSA) is 58.9 Å². The summed E-state index contributed by atoms with van der Waals surface area (Å²) in [5.41, 5.74) is 3.01. The Bertz CT molecular complexity index is 630. The molecule has 0 unspecified atom stereocenters. The van der Waals surface area contributed by atoms with E-state index in [1.54, 1.807) is 18.3 Å². The molecule has 0 bridgehead atoms. The van der Waals surface area contributed by atoms with Crippen molar-refractivity contribution in [1.82, 2.24) is 0 Å². The first-order valence-electron chi connectivity index (χ1n) is 6.65. The first-order chi connectivity index (χ1) is 10.0. The molecule has 0 aliphatic heterocycles. The molecule has 0 saturated heterocycles. The van der Waals surface area contributed by atoms with Crippen LogP contribution in [0.1, 0.15) is 18.1 Å². The second-order valence-corrected chi connectivity index (χ2v) is 4.76. The lowest BCUT2D eigenvalue weighted by molar-refractivity contribution is -0.144. The van der Waals surface area contributed by atoms with Crippen LogP contribution in [0.3, 0.4) is 0 Å². The fourth-order valence-electron chi connectivity index (χ4n) is 1.67. The fraction of sp³-hybridized carbons (Fsp3) is 0.176. The Kier molecular flexibility index (Phi) is 4.72. The third kappa shape index (κ3) is 4.45. The molecule has 2 aromatic rings. The van der Waals surface area contributed by atoms with Gasteiger partial charge in [-0.15, -0.1) is 0 Å². The number of carboxylic acid groups (broad SMARTS) is 1. The van der Waals surface area contributed by atoms with Crippen molar-refractivity contribution in [2.75, 3.05) is 0 Å². The molecule has 21 heavy (non-hydrogen) atoms. The van der Waals surface area contributed by atoms with Gasteiger partial charge in [-0.05, 0) is 55.8 Å². The van der Waals surface area contributed by atoms with Crippen LogP contribution in [0.5, 0.6) is 5.75 Å². The summed E-state index contributed by atoms with van der Waals surface area (Å²) in [5.74, 6) is -0.461. The molecular weight excluding hydrogens is 266 g/mol. The molecule has 1 atom stereocenters. The van der Waals surface area contributed by atoms with Crippen LogP contribution in [-0.2, 0) is 4.79 Å². The fourth-order valence-corrected chi connectivity index (χ4v) is 1.67. The molecule has 0 radical (unpaired) electrons. The molecule has 2 aromatic carbocycles. The standard InChI is InChI=1S/C17H17NO3/c1-12-3-7-15(8-4-12)18-11-14-5-9-16(10-6-14)21-13(2)17(19)20/h3-11,13H,1-2H3,(H,19,20)/t13-/m0/s1. The van der Waals surface area contributed by atoms with Crippen molar-refractivity contribution in [3.63, 3.8) is 0 Å². The van der Waals surface area contributed by atoms with Gasteiger partial charge in [0.2, 0.25) is 0 Å². The van der Waals surface area contributed by atoms with Gasteiger partial charge in [-0.2, -0.15) is 0 Å². The average Bonchev–Trinajstić information content (AvgIpc) is 2.48. The number of benzene rings is 2. The van der Waals surface area contributed by atoms with E-state index in [1.165, 1.54) is 12.5 Å². The van der Waals surface area contributed by atoms with Gasteiger partial charge in [-0.1, -0.05) is 17.7 Å². The predicted molar refractivity (Wildman–Crippen MR) is 82.6 cm³/mol. The number of aliphatic carboxylic acids is 1. The lowest BCUT2D eigenvalue weighted by Gasteiger charge is -2.09. The lowest BCUT2D eigenvalue weighted by atomic mass is 10.2. The van der Waals surface area contributed by atoms with Crippen molar-refractivity contribution < 1.29 is 14.6 Å². The van der Waals surface area contributed by atoms with Gasteiger partial charge in [0.25, 0.3) is 0 Å². The number of hydrogen-bond donors (Lipinski definition) is 1. The van der Waals surface area contributed by atoms with E-state index in [2.05, 4.69) is 4.99 Å². The van der Waals surface area contributed by atoms with E-state index < -0.39 is 12.1 Å². The highest BCUT2D eigenvalue weighted by Gasteiger charge is 2.11. The molecule has 0 aromatic heterocycles. The van der Waals surface area contributed by atoms with E-state index >= 15 is 0 Å². The van der Waals surface area contributed by atoms with Crippen molar-refractivity contribution in [2.45, 2.75) is 20.0 Å². The third-order valence-corrected chi connectivity index (χ3v) is 2.94. The second-order valence-electron chi connectivity index (χ2n) is 4.76. The summed E-state index contributed by atoms with van der Waals surface area (Å²) in [4.78, 5) is 15.1. The molecule has 4 heteroatoms. The first-order valence-corrected chi connectivity index (χ1v) is 6.65. The lowest BCUT2D eigenvalue weighted by Crippen LogP contribution is -2.22. The summed E-state index contributed by atoms with van der Waals surface area (Å²) >= 11 is 0. The van der Waals surface area contributed by atoms with Gasteiger partial charge in [0.1, 0.15) is 5.75 Å². The van der Waals surface area contributed by atoms with Crippen molar-refractivity contribution >= 4 is 17.9 Å². The Labute approximate surface area is 123 Å². The predicted octanol–water partition coefficient (Wildman–Crippen LogP) is 3.60. The zero-order valence-corrected chi connectivity index (χ0v) is 12.0. The van der Waals surface area contributed by atoms with Crippen molar-refractivity contribution in [3.05, 3.63) is 59.7 Å². The largest absolute Gasteiger partial charge is 0.479 e. The molecule has 1 N–H and O–H groups in total. The van der Waals surface area contributed by atoms with Gasteiger partial charge in [-0.3, -0.25) is 4.99 Å². The minimum absolute atomic E-state index is 0.525. The van der Waals surface area contributed by atoms with Crippen molar-refractivity contribution in [2.24, 2.45) is 4.99 Å². The van der Waals surface area contributed by atoms with Crippen LogP contribution in [-0.4, -0.2) is 23.4 Å². The van der Waals surface area contributed by atoms with Crippen LogP contribution in [0.2, 0.25) is 0 Å². The van der Waals surface area contributed by atoms with E-state index in [4.69, 9.17) is 9.84 Å². The quantitative estimate of drug-likeness (QED) is 0.853. The van der Waals surface area contributed by atoms with Gasteiger partial charge in [0.05, 0.1) is 5.69 Å². The summed E-state index contributed by atoms with van der Waals surface area (Å²) in [6.07, 6.45) is 0.895. The maximum atomic E-state index is 10.7. The maximum absolute atomic E-state index is 10.7. The van der Waals surface area contributed by atoms with Crippen LogP contribution in [0.4, 0.5) is 5.69 Å². The van der Waals surface area contributed by atoms with Crippen LogP contribution < -0.4 is 4.74 Å². The van der Waals surface area contributed by atoms with Gasteiger partial charge >= 0.3 is 5.97 Å². The molecule has 0 fully saturated rings. The van der Waals surface area contributed by atoms with E-state index in [-0.39, 0.29) is 0 Å². The summed E-state index contributed by atoms with van der Waals surface area (Å²) in [5, 5.41) is 8.78. The molecule has 2 rings (SSSR count). The van der Waals surface area contributed by atoms with Crippen LogP contribution >= 0.6 is 0 Å². The molecule has 0 amide bonds. The number of carbonyl (C=O) groups is 1. The summed E-state index contributed by atoms with van der Waals surface area (Å²) in [6, 6.07) is 15.1. The zero-order chi connectivity index (χ0) is 15.2. The maximum Gasteiger partial charge on any atom is 0.344 e. The van der Waals surface area contributed by atoms with Crippen LogP contribution in [0.15, 0.2) is 53.5 Å². The van der Waals surface area contributed by atoms with Crippen molar-refractivity contribution in [1.29, 1.82) is 0 Å². The van der Waals surface area contributed by atoms with Crippen LogP contribution in [0, 0.1) is 6.92 Å². The molecule has 0 spiro atoms. The van der Waals surface area contributed by atoms with E-state index in [9.17, 15) is 4.79 Å². The van der Waals surface area contributed by atoms with Gasteiger partial charge in [0, 0.05) is 6.21 Å². The Morgan fingerprint density at radius 3 is 2.33 bits per heavy atom.